The maximum absolute atomic E-state index is 13.8. The molecular formula is C18H15F4N3O3. The fraction of sp³-hybridized carbons (Fsp3) is 0.278. The standard InChI is InChI=1S/C18H15F4N3O3/c1-3-28-17(27)14-11(7-18(20,21)22)15-16(26)23-13(8-25(15)24-14)10-5-4-9(2)12(19)6-10/h4-6,8H,3,7H2,1-2H3,(H,23,26). The molecule has 3 rings (SSSR count). The number of hydrogen-bond donors (Lipinski definition) is 1. The Hall–Kier alpha value is -3.17. The summed E-state index contributed by atoms with van der Waals surface area (Å²) in [5.41, 5.74) is -1.65. The molecule has 0 aliphatic heterocycles. The molecule has 0 bridgehead atoms. The van der Waals surface area contributed by atoms with Gasteiger partial charge >= 0.3 is 12.1 Å². The first kappa shape index (κ1) is 19.6. The number of alkyl halides is 3. The number of ether oxygens (including phenoxy) is 1. The number of nitrogens with one attached hydrogen (secondary N) is 1. The lowest BCUT2D eigenvalue weighted by Crippen LogP contribution is -2.18. The van der Waals surface area contributed by atoms with E-state index in [1.807, 2.05) is 0 Å². The Morgan fingerprint density at radius 2 is 2.04 bits per heavy atom. The van der Waals surface area contributed by atoms with Crippen molar-refractivity contribution in [1.82, 2.24) is 14.6 Å². The van der Waals surface area contributed by atoms with Crippen LogP contribution in [0.25, 0.3) is 16.8 Å². The van der Waals surface area contributed by atoms with Crippen molar-refractivity contribution in [3.8, 4) is 11.3 Å². The van der Waals surface area contributed by atoms with E-state index < -0.39 is 46.7 Å². The number of aryl methyl sites for hydroxylation is 1. The summed E-state index contributed by atoms with van der Waals surface area (Å²) in [6.45, 7) is 2.99. The molecule has 148 valence electrons. The van der Waals surface area contributed by atoms with Crippen molar-refractivity contribution >= 4 is 11.5 Å². The number of halogens is 4. The summed E-state index contributed by atoms with van der Waals surface area (Å²) in [6.07, 6.45) is -4.97. The Morgan fingerprint density at radius 1 is 1.32 bits per heavy atom. The number of carbonyl (C=O) groups is 1. The highest BCUT2D eigenvalue weighted by atomic mass is 19.4. The number of esters is 1. The fourth-order valence-electron chi connectivity index (χ4n) is 2.78. The third-order valence-electron chi connectivity index (χ3n) is 4.05. The minimum Gasteiger partial charge on any atom is -0.461 e. The average molecular weight is 397 g/mol. The van der Waals surface area contributed by atoms with Gasteiger partial charge in [-0.2, -0.15) is 18.3 Å². The van der Waals surface area contributed by atoms with Gasteiger partial charge in [-0.05, 0) is 25.5 Å². The molecule has 1 aromatic carbocycles. The van der Waals surface area contributed by atoms with E-state index >= 15 is 0 Å². The van der Waals surface area contributed by atoms with Crippen molar-refractivity contribution < 1.29 is 27.1 Å². The van der Waals surface area contributed by atoms with Crippen molar-refractivity contribution in [3.05, 3.63) is 57.4 Å². The quantitative estimate of drug-likeness (QED) is 0.541. The number of nitrogens with zero attached hydrogens (tertiary/aromatic N) is 2. The van der Waals surface area contributed by atoms with Gasteiger partial charge in [-0.3, -0.25) is 4.79 Å². The molecule has 0 aliphatic rings. The SMILES string of the molecule is CCOC(=O)c1nn2cc(-c3ccc(C)c(F)c3)[nH]c(=O)c2c1CC(F)(F)F. The van der Waals surface area contributed by atoms with Gasteiger partial charge in [-0.1, -0.05) is 12.1 Å². The zero-order valence-electron chi connectivity index (χ0n) is 14.9. The summed E-state index contributed by atoms with van der Waals surface area (Å²) in [7, 11) is 0. The first-order chi connectivity index (χ1) is 13.1. The highest BCUT2D eigenvalue weighted by Crippen LogP contribution is 2.27. The van der Waals surface area contributed by atoms with Crippen LogP contribution in [0.4, 0.5) is 17.6 Å². The lowest BCUT2D eigenvalue weighted by atomic mass is 10.1. The summed E-state index contributed by atoms with van der Waals surface area (Å²) >= 11 is 0. The highest BCUT2D eigenvalue weighted by molar-refractivity contribution is 5.91. The molecule has 0 spiro atoms. The van der Waals surface area contributed by atoms with Gasteiger partial charge in [0.25, 0.3) is 5.56 Å². The third-order valence-corrected chi connectivity index (χ3v) is 4.05. The molecule has 0 atom stereocenters. The van der Waals surface area contributed by atoms with Crippen LogP contribution in [0.1, 0.15) is 28.5 Å². The number of aromatic nitrogens is 3. The smallest absolute Gasteiger partial charge is 0.393 e. The molecule has 0 amide bonds. The molecule has 3 aromatic rings. The van der Waals surface area contributed by atoms with Crippen LogP contribution >= 0.6 is 0 Å². The molecule has 10 heteroatoms. The van der Waals surface area contributed by atoms with Crippen LogP contribution in [0, 0.1) is 12.7 Å². The number of aromatic amines is 1. The van der Waals surface area contributed by atoms with Gasteiger partial charge < -0.3 is 9.72 Å². The van der Waals surface area contributed by atoms with Crippen LogP contribution in [0.15, 0.2) is 29.2 Å². The summed E-state index contributed by atoms with van der Waals surface area (Å²) in [4.78, 5) is 27.0. The summed E-state index contributed by atoms with van der Waals surface area (Å²) in [5, 5.41) is 3.83. The van der Waals surface area contributed by atoms with Gasteiger partial charge in [0.1, 0.15) is 11.3 Å². The van der Waals surface area contributed by atoms with Gasteiger partial charge in [-0.15, -0.1) is 0 Å². The predicted octanol–water partition coefficient (Wildman–Crippen LogP) is 3.42. The second-order valence-corrected chi connectivity index (χ2v) is 6.09. The molecule has 0 fully saturated rings. The molecule has 2 aromatic heterocycles. The summed E-state index contributed by atoms with van der Waals surface area (Å²) < 4.78 is 58.4. The van der Waals surface area contributed by atoms with Gasteiger partial charge in [0, 0.05) is 11.1 Å². The number of H-pyrrole nitrogens is 1. The summed E-state index contributed by atoms with van der Waals surface area (Å²) in [6, 6.07) is 4.22. The second-order valence-electron chi connectivity index (χ2n) is 6.09. The van der Waals surface area contributed by atoms with E-state index in [1.54, 1.807) is 13.0 Å². The first-order valence-corrected chi connectivity index (χ1v) is 8.25. The van der Waals surface area contributed by atoms with E-state index in [9.17, 15) is 27.2 Å². The van der Waals surface area contributed by atoms with Crippen LogP contribution in [0.2, 0.25) is 0 Å². The zero-order chi connectivity index (χ0) is 20.6. The second kappa shape index (κ2) is 7.10. The molecule has 0 unspecified atom stereocenters. The number of fused-ring (bicyclic) bond motifs is 1. The van der Waals surface area contributed by atoms with E-state index in [1.165, 1.54) is 25.3 Å². The van der Waals surface area contributed by atoms with E-state index in [2.05, 4.69) is 10.1 Å². The Balaban J connectivity index is 2.23. The third kappa shape index (κ3) is 3.75. The number of rotatable bonds is 4. The Kier molecular flexibility index (Phi) is 4.97. The molecule has 1 N–H and O–H groups in total. The molecule has 0 radical (unpaired) electrons. The van der Waals surface area contributed by atoms with Gasteiger partial charge in [0.05, 0.1) is 24.9 Å². The van der Waals surface area contributed by atoms with Gasteiger partial charge in [0.2, 0.25) is 0 Å². The van der Waals surface area contributed by atoms with Gasteiger partial charge in [-0.25, -0.2) is 13.7 Å². The maximum atomic E-state index is 13.8. The normalized spacial score (nSPS) is 11.8. The van der Waals surface area contributed by atoms with Crippen molar-refractivity contribution in [2.75, 3.05) is 6.61 Å². The Labute approximate surface area is 155 Å². The van der Waals surface area contributed by atoms with E-state index in [0.29, 0.717) is 11.1 Å². The highest BCUT2D eigenvalue weighted by Gasteiger charge is 2.34. The fourth-order valence-corrected chi connectivity index (χ4v) is 2.78. The lowest BCUT2D eigenvalue weighted by molar-refractivity contribution is -0.127. The predicted molar refractivity (Wildman–Crippen MR) is 91.7 cm³/mol. The first-order valence-electron chi connectivity index (χ1n) is 8.25. The van der Waals surface area contributed by atoms with Crippen LogP contribution in [-0.4, -0.2) is 33.4 Å². The molecular weight excluding hydrogens is 382 g/mol. The Bertz CT molecular complexity index is 1120. The molecule has 6 nitrogen and oxygen atoms in total. The molecule has 28 heavy (non-hydrogen) atoms. The van der Waals surface area contributed by atoms with E-state index in [-0.39, 0.29) is 12.3 Å². The van der Waals surface area contributed by atoms with Crippen LogP contribution in [0.5, 0.6) is 0 Å². The van der Waals surface area contributed by atoms with E-state index in [4.69, 9.17) is 4.74 Å². The largest absolute Gasteiger partial charge is 0.461 e. The maximum Gasteiger partial charge on any atom is 0.393 e. The number of benzene rings is 1. The van der Waals surface area contributed by atoms with Crippen molar-refractivity contribution in [3.63, 3.8) is 0 Å². The minimum atomic E-state index is -4.67. The summed E-state index contributed by atoms with van der Waals surface area (Å²) in [5.74, 6) is -1.57. The van der Waals surface area contributed by atoms with E-state index in [0.717, 1.165) is 4.52 Å². The molecule has 0 saturated heterocycles. The average Bonchev–Trinajstić information content (AvgIpc) is 2.94. The molecule has 2 heterocycles. The molecule has 0 aliphatic carbocycles. The minimum absolute atomic E-state index is 0.0671. The Morgan fingerprint density at radius 3 is 2.64 bits per heavy atom. The van der Waals surface area contributed by atoms with Crippen LogP contribution in [-0.2, 0) is 11.2 Å². The zero-order valence-corrected chi connectivity index (χ0v) is 14.9. The van der Waals surface area contributed by atoms with Crippen LogP contribution in [0.3, 0.4) is 0 Å². The monoisotopic (exact) mass is 397 g/mol. The van der Waals surface area contributed by atoms with Crippen molar-refractivity contribution in [2.45, 2.75) is 26.4 Å². The van der Waals surface area contributed by atoms with Gasteiger partial charge in [0.15, 0.2) is 5.69 Å². The topological polar surface area (TPSA) is 76.5 Å². The number of hydrogen-bond acceptors (Lipinski definition) is 4. The van der Waals surface area contributed by atoms with Crippen LogP contribution < -0.4 is 5.56 Å². The number of carbonyl (C=O) groups excluding carboxylic acids is 1. The molecule has 0 saturated carbocycles. The van der Waals surface area contributed by atoms with Crippen molar-refractivity contribution in [1.29, 1.82) is 0 Å². The van der Waals surface area contributed by atoms with Crippen molar-refractivity contribution in [2.24, 2.45) is 0 Å². The lowest BCUT2D eigenvalue weighted by Gasteiger charge is -2.07.